The highest BCUT2D eigenvalue weighted by atomic mass is 19.1. The second-order valence-corrected chi connectivity index (χ2v) is 13.8. The smallest absolute Gasteiger partial charge is 0.193 e. The number of allylic oxidation sites excluding steroid dienone is 4. The fourth-order valence-corrected chi connectivity index (χ4v) is 8.64. The molecular formula is C32H37F3O6. The van der Waals surface area contributed by atoms with E-state index < -0.39 is 81.6 Å². The molecule has 1 unspecified atom stereocenters. The Morgan fingerprint density at radius 2 is 1.93 bits per heavy atom. The van der Waals surface area contributed by atoms with E-state index in [2.05, 4.69) is 0 Å². The van der Waals surface area contributed by atoms with Crippen molar-refractivity contribution in [3.05, 3.63) is 59.4 Å². The van der Waals surface area contributed by atoms with Crippen LogP contribution < -0.4 is 0 Å². The van der Waals surface area contributed by atoms with Crippen LogP contribution in [0.3, 0.4) is 0 Å². The Kier molecular flexibility index (Phi) is 6.38. The van der Waals surface area contributed by atoms with E-state index in [1.54, 1.807) is 13.0 Å². The zero-order chi connectivity index (χ0) is 29.8. The van der Waals surface area contributed by atoms with Gasteiger partial charge in [0.15, 0.2) is 29.1 Å². The monoisotopic (exact) mass is 574 g/mol. The number of hydrogen-bond donors (Lipinski definition) is 1. The van der Waals surface area contributed by atoms with Gasteiger partial charge in [-0.05, 0) is 82.7 Å². The van der Waals surface area contributed by atoms with Crippen molar-refractivity contribution >= 4 is 11.6 Å². The van der Waals surface area contributed by atoms with Crippen LogP contribution in [0.4, 0.5) is 13.2 Å². The first-order valence-electron chi connectivity index (χ1n) is 14.3. The predicted molar refractivity (Wildman–Crippen MR) is 143 cm³/mol. The van der Waals surface area contributed by atoms with E-state index in [0.29, 0.717) is 5.56 Å². The van der Waals surface area contributed by atoms with Gasteiger partial charge in [-0.3, -0.25) is 9.59 Å². The average Bonchev–Trinajstić information content (AvgIpc) is 3.39. The zero-order valence-electron chi connectivity index (χ0n) is 24.0. The van der Waals surface area contributed by atoms with Crippen molar-refractivity contribution in [3.8, 4) is 0 Å². The van der Waals surface area contributed by atoms with Gasteiger partial charge in [-0.1, -0.05) is 25.1 Å². The van der Waals surface area contributed by atoms with E-state index in [0.717, 1.165) is 6.08 Å². The molecule has 3 saturated carbocycles. The summed E-state index contributed by atoms with van der Waals surface area (Å²) in [5, 5.41) is 11.7. The molecule has 4 aliphatic carbocycles. The largest absolute Gasteiger partial charge is 0.390 e. The number of carbonyl (C=O) groups is 2. The molecule has 9 heteroatoms. The number of alkyl halides is 2. The van der Waals surface area contributed by atoms with Gasteiger partial charge in [-0.15, -0.1) is 0 Å². The first kappa shape index (κ1) is 28.8. The number of ether oxygens (including phenoxy) is 3. The number of aliphatic hydroxyl groups is 1. The molecule has 0 radical (unpaired) electrons. The highest BCUT2D eigenvalue weighted by Crippen LogP contribution is 2.72. The van der Waals surface area contributed by atoms with Crippen LogP contribution in [0.5, 0.6) is 0 Å². The molecule has 222 valence electrons. The van der Waals surface area contributed by atoms with Crippen molar-refractivity contribution in [3.63, 3.8) is 0 Å². The van der Waals surface area contributed by atoms with Crippen LogP contribution in [-0.4, -0.2) is 58.5 Å². The lowest BCUT2D eigenvalue weighted by molar-refractivity contribution is -0.236. The Bertz CT molecular complexity index is 1350. The summed E-state index contributed by atoms with van der Waals surface area (Å²) in [6, 6.07) is 5.73. The second kappa shape index (κ2) is 9.09. The molecule has 1 N–H and O–H groups in total. The molecule has 1 aromatic carbocycles. The van der Waals surface area contributed by atoms with Gasteiger partial charge >= 0.3 is 0 Å². The highest BCUT2D eigenvalue weighted by Gasteiger charge is 2.80. The van der Waals surface area contributed by atoms with Crippen LogP contribution in [0.1, 0.15) is 65.7 Å². The number of Topliss-reactive ketones (excluding diaryl/α,β-unsaturated/α-hetero) is 1. The quantitative estimate of drug-likeness (QED) is 0.526. The third-order valence-electron chi connectivity index (χ3n) is 10.5. The topological polar surface area (TPSA) is 82.1 Å². The summed E-state index contributed by atoms with van der Waals surface area (Å²) in [6.45, 7) is 8.45. The number of hydrogen-bond acceptors (Lipinski definition) is 6. The molecule has 0 amide bonds. The molecule has 0 spiro atoms. The molecule has 5 aliphatic rings. The number of benzene rings is 1. The molecule has 4 fully saturated rings. The van der Waals surface area contributed by atoms with Crippen molar-refractivity contribution in [2.45, 2.75) is 95.4 Å². The summed E-state index contributed by atoms with van der Waals surface area (Å²) in [5.41, 5.74) is -6.87. The summed E-state index contributed by atoms with van der Waals surface area (Å²) in [4.78, 5) is 26.3. The Morgan fingerprint density at radius 3 is 2.61 bits per heavy atom. The van der Waals surface area contributed by atoms with Crippen LogP contribution in [-0.2, 0) is 23.8 Å². The van der Waals surface area contributed by atoms with Crippen molar-refractivity contribution in [2.24, 2.45) is 22.7 Å². The van der Waals surface area contributed by atoms with Gasteiger partial charge in [-0.2, -0.15) is 0 Å². The number of fused-ring (bicyclic) bond motifs is 7. The number of rotatable bonds is 4. The van der Waals surface area contributed by atoms with Crippen LogP contribution >= 0.6 is 0 Å². The Balaban J connectivity index is 1.44. The molecule has 6 rings (SSSR count). The predicted octanol–water partition coefficient (Wildman–Crippen LogP) is 5.29. The summed E-state index contributed by atoms with van der Waals surface area (Å²) in [5.74, 6) is -2.92. The minimum atomic E-state index is -2.30. The standard InChI is InChI=1S/C32H37F3O6/c1-28(2,3)39-16-25(38)32-26(40-27(41-32)17-7-6-8-18(33)11-17)14-20-21-13-23(34)22-12-19(36)9-10-29(22,4)31(21,35)24(37)15-30(20,32)5/h6-12,20-21,23-24,26-27,37H,13-16H2,1-5H3/t20-,21-,23-,24-,26+,27?,29-,30-,31-,32+/m0/s1. The summed E-state index contributed by atoms with van der Waals surface area (Å²) in [6.07, 6.45) is -1.60. The maximum atomic E-state index is 17.6. The fourth-order valence-electron chi connectivity index (χ4n) is 8.64. The first-order chi connectivity index (χ1) is 19.1. The van der Waals surface area contributed by atoms with Gasteiger partial charge in [0.2, 0.25) is 0 Å². The van der Waals surface area contributed by atoms with Gasteiger partial charge in [0.1, 0.15) is 18.6 Å². The van der Waals surface area contributed by atoms with Gasteiger partial charge in [0.05, 0.1) is 17.8 Å². The third-order valence-corrected chi connectivity index (χ3v) is 10.5. The van der Waals surface area contributed by atoms with Crippen molar-refractivity contribution in [1.82, 2.24) is 0 Å². The van der Waals surface area contributed by atoms with Crippen LogP contribution in [0.15, 0.2) is 48.1 Å². The van der Waals surface area contributed by atoms with Crippen molar-refractivity contribution in [2.75, 3.05) is 6.61 Å². The van der Waals surface area contributed by atoms with Crippen LogP contribution in [0.2, 0.25) is 0 Å². The SMILES string of the molecule is CC(C)(C)OCC(=O)[C@@]12OC(c3cccc(F)c3)O[C@@H]1C[C@H]1[C@@H]3C[C@H](F)C4=CC(=O)C=C[C@]4(C)[C@@]3(F)[C@@H](O)C[C@@]12C. The van der Waals surface area contributed by atoms with E-state index in [-0.39, 0.29) is 31.4 Å². The van der Waals surface area contributed by atoms with E-state index >= 15 is 8.78 Å². The number of halogens is 3. The molecule has 0 bridgehead atoms. The minimum Gasteiger partial charge on any atom is -0.390 e. The van der Waals surface area contributed by atoms with Gasteiger partial charge in [0.25, 0.3) is 0 Å². The van der Waals surface area contributed by atoms with Gasteiger partial charge in [0, 0.05) is 22.3 Å². The average molecular weight is 575 g/mol. The normalized spacial score (nSPS) is 45.0. The molecule has 1 heterocycles. The number of aliphatic hydroxyl groups excluding tert-OH is 1. The maximum absolute atomic E-state index is 17.6. The van der Waals surface area contributed by atoms with Gasteiger partial charge < -0.3 is 19.3 Å². The van der Waals surface area contributed by atoms with E-state index in [1.165, 1.54) is 37.3 Å². The highest BCUT2D eigenvalue weighted by molar-refractivity contribution is 6.01. The van der Waals surface area contributed by atoms with Crippen LogP contribution in [0, 0.1) is 28.5 Å². The fraction of sp³-hybridized carbons (Fsp3) is 0.625. The third kappa shape index (κ3) is 3.84. The van der Waals surface area contributed by atoms with E-state index in [4.69, 9.17) is 14.2 Å². The molecular weight excluding hydrogens is 537 g/mol. The minimum absolute atomic E-state index is 0.0348. The van der Waals surface area contributed by atoms with Crippen molar-refractivity contribution < 1.29 is 42.1 Å². The lowest BCUT2D eigenvalue weighted by atomic mass is 9.44. The summed E-state index contributed by atoms with van der Waals surface area (Å²) >= 11 is 0. The number of carbonyl (C=O) groups excluding carboxylic acids is 2. The van der Waals surface area contributed by atoms with E-state index in [9.17, 15) is 19.1 Å². The Morgan fingerprint density at radius 1 is 1.20 bits per heavy atom. The van der Waals surface area contributed by atoms with E-state index in [1.807, 2.05) is 20.8 Å². The second-order valence-electron chi connectivity index (χ2n) is 13.8. The molecule has 1 saturated heterocycles. The van der Waals surface area contributed by atoms with Crippen LogP contribution in [0.25, 0.3) is 0 Å². The number of ketones is 2. The molecule has 10 atom stereocenters. The molecule has 1 aliphatic heterocycles. The first-order valence-corrected chi connectivity index (χ1v) is 14.3. The van der Waals surface area contributed by atoms with Gasteiger partial charge in [-0.25, -0.2) is 13.2 Å². The Labute approximate surface area is 237 Å². The maximum Gasteiger partial charge on any atom is 0.193 e. The van der Waals surface area contributed by atoms with Crippen molar-refractivity contribution in [1.29, 1.82) is 0 Å². The molecule has 41 heavy (non-hydrogen) atoms. The molecule has 1 aromatic rings. The molecule has 0 aromatic heterocycles. The lowest BCUT2D eigenvalue weighted by Crippen LogP contribution is -2.70. The summed E-state index contributed by atoms with van der Waals surface area (Å²) < 4.78 is 66.3. The summed E-state index contributed by atoms with van der Waals surface area (Å²) in [7, 11) is 0. The lowest BCUT2D eigenvalue weighted by Gasteiger charge is -2.63. The Hall–Kier alpha value is -2.33. The zero-order valence-corrected chi connectivity index (χ0v) is 24.0. The molecule has 6 nitrogen and oxygen atoms in total.